The first-order valence-electron chi connectivity index (χ1n) is 6.67. The lowest BCUT2D eigenvalue weighted by Crippen LogP contribution is -2.34. The van der Waals surface area contributed by atoms with Gasteiger partial charge in [0, 0.05) is 37.0 Å². The zero-order chi connectivity index (χ0) is 15.0. The molecule has 21 heavy (non-hydrogen) atoms. The first kappa shape index (κ1) is 13.4. The van der Waals surface area contributed by atoms with Gasteiger partial charge in [0.05, 0.1) is 0 Å². The first-order chi connectivity index (χ1) is 10.1. The van der Waals surface area contributed by atoms with E-state index in [1.54, 1.807) is 13.2 Å². The first-order valence-corrected chi connectivity index (χ1v) is 6.67. The minimum absolute atomic E-state index is 0.392. The Morgan fingerprint density at radius 1 is 1.48 bits per heavy atom. The maximum atomic E-state index is 12.0. The van der Waals surface area contributed by atoms with Gasteiger partial charge in [0.1, 0.15) is 0 Å². The Morgan fingerprint density at radius 2 is 2.29 bits per heavy atom. The molecule has 1 saturated heterocycles. The summed E-state index contributed by atoms with van der Waals surface area (Å²) < 4.78 is 5.25. The van der Waals surface area contributed by atoms with Gasteiger partial charge in [-0.15, -0.1) is 0 Å². The molecule has 1 unspecified atom stereocenters. The molecule has 1 fully saturated rings. The molecule has 1 aromatic rings. The maximum Gasteiger partial charge on any atom is 0.415 e. The van der Waals surface area contributed by atoms with E-state index in [1.807, 2.05) is 18.2 Å². The Labute approximate surface area is 121 Å². The molecule has 1 spiro atoms. The molecule has 6 nitrogen and oxygen atoms in total. The van der Waals surface area contributed by atoms with Crippen molar-refractivity contribution in [2.24, 2.45) is 0 Å². The van der Waals surface area contributed by atoms with Crippen LogP contribution in [0.1, 0.15) is 23.1 Å². The molecule has 6 heteroatoms. The second-order valence-electron chi connectivity index (χ2n) is 5.08. The van der Waals surface area contributed by atoms with Gasteiger partial charge in [-0.05, 0) is 17.5 Å². The molecule has 0 bridgehead atoms. The standard InChI is InChI=1S/C15H15N3O3/c1-17-8-11(7-16)9-2-3-12-10(6-9)4-5-15(12)13(19)18-14(20)21-15/h2-3,6-8,16-17H,4-5H2,1H3,(H,18,19,20)/b11-8+,16-7?. The molecule has 1 atom stereocenters. The van der Waals surface area contributed by atoms with Crippen molar-refractivity contribution in [1.82, 2.24) is 10.6 Å². The average molecular weight is 285 g/mol. The zero-order valence-electron chi connectivity index (χ0n) is 11.5. The number of nitrogens with one attached hydrogen (secondary N) is 3. The van der Waals surface area contributed by atoms with Crippen LogP contribution in [0.25, 0.3) is 5.57 Å². The average Bonchev–Trinajstić information content (AvgIpc) is 2.97. The molecule has 0 radical (unpaired) electrons. The van der Waals surface area contributed by atoms with Crippen LogP contribution in [-0.2, 0) is 21.6 Å². The van der Waals surface area contributed by atoms with Gasteiger partial charge in [-0.3, -0.25) is 10.1 Å². The van der Waals surface area contributed by atoms with Crippen LogP contribution in [0.2, 0.25) is 0 Å². The molecule has 0 saturated carbocycles. The van der Waals surface area contributed by atoms with E-state index in [0.29, 0.717) is 12.8 Å². The third-order valence-electron chi connectivity index (χ3n) is 3.92. The lowest BCUT2D eigenvalue weighted by Gasteiger charge is -2.19. The Bertz CT molecular complexity index is 681. The van der Waals surface area contributed by atoms with Crippen molar-refractivity contribution in [2.45, 2.75) is 18.4 Å². The van der Waals surface area contributed by atoms with E-state index in [2.05, 4.69) is 10.6 Å². The normalized spacial score (nSPS) is 23.8. The van der Waals surface area contributed by atoms with Crippen LogP contribution in [-0.4, -0.2) is 25.3 Å². The number of carbonyl (C=O) groups is 2. The Balaban J connectivity index is 2.04. The van der Waals surface area contributed by atoms with Crippen molar-refractivity contribution in [3.8, 4) is 0 Å². The number of fused-ring (bicyclic) bond motifs is 2. The van der Waals surface area contributed by atoms with E-state index in [0.717, 1.165) is 22.3 Å². The number of rotatable bonds is 3. The van der Waals surface area contributed by atoms with Crippen LogP contribution in [0.5, 0.6) is 0 Å². The molecule has 108 valence electrons. The summed E-state index contributed by atoms with van der Waals surface area (Å²) >= 11 is 0. The quantitative estimate of drug-likeness (QED) is 0.730. The zero-order valence-corrected chi connectivity index (χ0v) is 11.5. The third kappa shape index (κ3) is 1.91. The molecule has 1 aromatic carbocycles. The van der Waals surface area contributed by atoms with Gasteiger partial charge in [-0.1, -0.05) is 18.2 Å². The number of hydrogen-bond acceptors (Lipinski definition) is 5. The second kappa shape index (κ2) is 4.73. The number of aryl methyl sites for hydroxylation is 1. The van der Waals surface area contributed by atoms with E-state index in [9.17, 15) is 9.59 Å². The van der Waals surface area contributed by atoms with E-state index in [4.69, 9.17) is 10.1 Å². The summed E-state index contributed by atoms with van der Waals surface area (Å²) in [6.45, 7) is 0. The lowest BCUT2D eigenvalue weighted by atomic mass is 9.93. The van der Waals surface area contributed by atoms with Gasteiger partial charge in [0.25, 0.3) is 5.91 Å². The fourth-order valence-electron chi connectivity index (χ4n) is 2.95. The van der Waals surface area contributed by atoms with Gasteiger partial charge < -0.3 is 15.5 Å². The van der Waals surface area contributed by atoms with Crippen LogP contribution in [0.4, 0.5) is 4.79 Å². The van der Waals surface area contributed by atoms with Gasteiger partial charge in [-0.2, -0.15) is 0 Å². The predicted molar refractivity (Wildman–Crippen MR) is 76.9 cm³/mol. The molecule has 3 N–H and O–H groups in total. The van der Waals surface area contributed by atoms with E-state index < -0.39 is 17.6 Å². The van der Waals surface area contributed by atoms with Crippen LogP contribution < -0.4 is 10.6 Å². The molecule has 0 aromatic heterocycles. The number of imide groups is 1. The van der Waals surface area contributed by atoms with Crippen molar-refractivity contribution in [3.05, 3.63) is 41.1 Å². The van der Waals surface area contributed by atoms with Crippen LogP contribution in [0.15, 0.2) is 24.4 Å². The molecule has 1 aliphatic carbocycles. The summed E-state index contributed by atoms with van der Waals surface area (Å²) in [7, 11) is 1.77. The predicted octanol–water partition coefficient (Wildman–Crippen LogP) is 1.30. The number of carbonyl (C=O) groups excluding carboxylic acids is 2. The van der Waals surface area contributed by atoms with Crippen LogP contribution >= 0.6 is 0 Å². The minimum atomic E-state index is -1.16. The molecule has 1 heterocycles. The number of hydrogen-bond donors (Lipinski definition) is 3. The fraction of sp³-hybridized carbons (Fsp3) is 0.267. The summed E-state index contributed by atoms with van der Waals surface area (Å²) in [5.74, 6) is -0.392. The van der Waals surface area contributed by atoms with E-state index in [1.165, 1.54) is 6.21 Å². The van der Waals surface area contributed by atoms with Crippen molar-refractivity contribution in [2.75, 3.05) is 7.05 Å². The van der Waals surface area contributed by atoms with Gasteiger partial charge >= 0.3 is 6.09 Å². The Hall–Kier alpha value is -2.63. The van der Waals surface area contributed by atoms with Gasteiger partial charge in [0.2, 0.25) is 5.60 Å². The highest BCUT2D eigenvalue weighted by atomic mass is 16.6. The monoisotopic (exact) mass is 285 g/mol. The topological polar surface area (TPSA) is 91.3 Å². The summed E-state index contributed by atoms with van der Waals surface area (Å²) in [5.41, 5.74) is 2.18. The second-order valence-corrected chi connectivity index (χ2v) is 5.08. The smallest absolute Gasteiger partial charge is 0.415 e. The SMILES string of the molecule is CN/C=C(\C=N)c1ccc2c(c1)CCC21OC(=O)NC1=O. The van der Waals surface area contributed by atoms with Crippen LogP contribution in [0.3, 0.4) is 0 Å². The molecular formula is C15H15N3O3. The molecule has 2 aliphatic rings. The number of alkyl carbamates (subject to hydrolysis) is 1. The number of ether oxygens (including phenoxy) is 1. The lowest BCUT2D eigenvalue weighted by molar-refractivity contribution is -0.131. The third-order valence-corrected chi connectivity index (χ3v) is 3.92. The van der Waals surface area contributed by atoms with Gasteiger partial charge in [0.15, 0.2) is 0 Å². The highest BCUT2D eigenvalue weighted by Crippen LogP contribution is 2.43. The summed E-state index contributed by atoms with van der Waals surface area (Å²) in [6, 6.07) is 5.58. The number of benzene rings is 1. The summed E-state index contributed by atoms with van der Waals surface area (Å²) in [4.78, 5) is 23.4. The number of allylic oxidation sites excluding steroid dienone is 1. The van der Waals surface area contributed by atoms with Crippen LogP contribution in [0, 0.1) is 5.41 Å². The Morgan fingerprint density at radius 3 is 2.90 bits per heavy atom. The van der Waals surface area contributed by atoms with Gasteiger partial charge in [-0.25, -0.2) is 4.79 Å². The minimum Gasteiger partial charge on any atom is -0.427 e. The molecule has 1 aliphatic heterocycles. The summed E-state index contributed by atoms with van der Waals surface area (Å²) in [5, 5.41) is 12.6. The highest BCUT2D eigenvalue weighted by Gasteiger charge is 2.54. The van der Waals surface area contributed by atoms with Crippen molar-refractivity contribution < 1.29 is 14.3 Å². The fourth-order valence-corrected chi connectivity index (χ4v) is 2.95. The maximum absolute atomic E-state index is 12.0. The van der Waals surface area contributed by atoms with E-state index >= 15 is 0 Å². The van der Waals surface area contributed by atoms with E-state index in [-0.39, 0.29) is 0 Å². The summed E-state index contributed by atoms with van der Waals surface area (Å²) in [6.07, 6.45) is 3.44. The van der Waals surface area contributed by atoms with Crippen molar-refractivity contribution in [1.29, 1.82) is 5.41 Å². The molecule has 3 rings (SSSR count). The molecular weight excluding hydrogens is 270 g/mol. The largest absolute Gasteiger partial charge is 0.427 e. The van der Waals surface area contributed by atoms with Crippen molar-refractivity contribution >= 4 is 23.8 Å². The number of amides is 2. The molecule has 2 amide bonds. The highest BCUT2D eigenvalue weighted by molar-refractivity contribution is 6.08. The Kier molecular flexibility index (Phi) is 3.01. The van der Waals surface area contributed by atoms with Crippen molar-refractivity contribution in [3.63, 3.8) is 0 Å².